The molecule has 0 spiro atoms. The van der Waals surface area contributed by atoms with Crippen LogP contribution in [-0.2, 0) is 5.41 Å². The molecule has 0 unspecified atom stereocenters. The monoisotopic (exact) mass is 757 g/mol. The summed E-state index contributed by atoms with van der Waals surface area (Å²) in [7, 11) is 0. The van der Waals surface area contributed by atoms with Crippen LogP contribution in [0.1, 0.15) is 22.3 Å². The van der Waals surface area contributed by atoms with E-state index in [1.165, 1.54) is 53.6 Å². The summed E-state index contributed by atoms with van der Waals surface area (Å²) < 4.78 is 9.60. The largest absolute Gasteiger partial charge is 0.453 e. The molecule has 12 rings (SSSR count). The Balaban J connectivity index is 1.09. The molecule has 0 bridgehead atoms. The SMILES string of the molecule is c1ccc(-c2cccc3c2oc2c(N(c4ccc(C5(c6ccccc6)c6ccccc6-c6ccccc65)cc4)c4ccc5c(c4)sc4ccccc45)cccc23)cc1. The van der Waals surface area contributed by atoms with Crippen LogP contribution in [0.5, 0.6) is 0 Å². The van der Waals surface area contributed by atoms with Crippen molar-refractivity contribution in [3.05, 3.63) is 235 Å². The van der Waals surface area contributed by atoms with E-state index in [2.05, 4.69) is 217 Å². The molecule has 0 N–H and O–H groups in total. The van der Waals surface area contributed by atoms with E-state index in [4.69, 9.17) is 4.42 Å². The zero-order valence-corrected chi connectivity index (χ0v) is 32.3. The van der Waals surface area contributed by atoms with Gasteiger partial charge in [0, 0.05) is 47.9 Å². The molecule has 3 heteroatoms. The van der Waals surface area contributed by atoms with Gasteiger partial charge in [-0.15, -0.1) is 11.3 Å². The van der Waals surface area contributed by atoms with Crippen molar-refractivity contribution in [1.82, 2.24) is 0 Å². The molecule has 0 fully saturated rings. The molecule has 11 aromatic rings. The standard InChI is InChI=1S/C55H35NOS/c1-3-15-36(16-4-1)41-22-13-23-46-47-24-14-27-50(54(47)57-53(41)46)56(40-33-34-45-44-21-9-12-28-51(44)58-52(45)35-40)39-31-29-38(30-32-39)55(37-17-5-2-6-18-37)48-25-10-7-19-42(48)43-20-8-11-26-49(43)55/h1-35H. The number of hydrogen-bond donors (Lipinski definition) is 0. The first-order valence-electron chi connectivity index (χ1n) is 19.8. The van der Waals surface area contributed by atoms with Crippen LogP contribution in [0.3, 0.4) is 0 Å². The maximum absolute atomic E-state index is 7.05. The molecule has 9 aromatic carbocycles. The lowest BCUT2D eigenvalue weighted by Gasteiger charge is -2.34. The molecule has 2 aromatic heterocycles. The molecular formula is C55H35NOS. The third-order valence-corrected chi connectivity index (χ3v) is 13.3. The van der Waals surface area contributed by atoms with Gasteiger partial charge in [0.15, 0.2) is 5.58 Å². The van der Waals surface area contributed by atoms with Crippen LogP contribution in [-0.4, -0.2) is 0 Å². The van der Waals surface area contributed by atoms with E-state index in [9.17, 15) is 0 Å². The number of para-hydroxylation sites is 2. The summed E-state index contributed by atoms with van der Waals surface area (Å²) in [5.74, 6) is 0. The summed E-state index contributed by atoms with van der Waals surface area (Å²) in [6.45, 7) is 0. The molecule has 0 radical (unpaired) electrons. The van der Waals surface area contributed by atoms with Crippen molar-refractivity contribution < 1.29 is 4.42 Å². The average Bonchev–Trinajstić information content (AvgIpc) is 3.96. The predicted molar refractivity (Wildman–Crippen MR) is 244 cm³/mol. The Morgan fingerprint density at radius 2 is 0.931 bits per heavy atom. The fraction of sp³-hybridized carbons (Fsp3) is 0.0182. The van der Waals surface area contributed by atoms with E-state index in [1.54, 1.807) is 0 Å². The molecule has 272 valence electrons. The Morgan fingerprint density at radius 1 is 0.379 bits per heavy atom. The second-order valence-corrected chi connectivity index (χ2v) is 16.3. The first-order chi connectivity index (χ1) is 28.8. The summed E-state index contributed by atoms with van der Waals surface area (Å²) >= 11 is 1.84. The lowest BCUT2D eigenvalue weighted by atomic mass is 9.68. The van der Waals surface area contributed by atoms with Crippen molar-refractivity contribution in [3.8, 4) is 22.3 Å². The second kappa shape index (κ2) is 12.9. The van der Waals surface area contributed by atoms with Gasteiger partial charge in [-0.3, -0.25) is 0 Å². The van der Waals surface area contributed by atoms with E-state index in [0.717, 1.165) is 50.1 Å². The van der Waals surface area contributed by atoms with Crippen LogP contribution in [0.2, 0.25) is 0 Å². The topological polar surface area (TPSA) is 16.4 Å². The van der Waals surface area contributed by atoms with Gasteiger partial charge in [0.2, 0.25) is 0 Å². The van der Waals surface area contributed by atoms with Crippen LogP contribution in [0, 0.1) is 0 Å². The highest BCUT2D eigenvalue weighted by Gasteiger charge is 2.45. The summed E-state index contributed by atoms with van der Waals surface area (Å²) in [6.07, 6.45) is 0. The van der Waals surface area contributed by atoms with Crippen molar-refractivity contribution in [3.63, 3.8) is 0 Å². The highest BCUT2D eigenvalue weighted by molar-refractivity contribution is 7.25. The second-order valence-electron chi connectivity index (χ2n) is 15.2. The number of benzene rings is 9. The Hall–Kier alpha value is -7.20. The van der Waals surface area contributed by atoms with Gasteiger partial charge in [0.25, 0.3) is 0 Å². The minimum Gasteiger partial charge on any atom is -0.453 e. The lowest BCUT2D eigenvalue weighted by molar-refractivity contribution is 0.670. The fourth-order valence-electron chi connectivity index (χ4n) is 9.68. The first-order valence-corrected chi connectivity index (χ1v) is 20.7. The van der Waals surface area contributed by atoms with Crippen molar-refractivity contribution in [2.75, 3.05) is 4.90 Å². The maximum atomic E-state index is 7.05. The normalized spacial score (nSPS) is 13.0. The van der Waals surface area contributed by atoms with E-state index < -0.39 is 5.41 Å². The first kappa shape index (κ1) is 33.0. The van der Waals surface area contributed by atoms with Crippen LogP contribution in [0.15, 0.2) is 217 Å². The molecule has 0 atom stereocenters. The van der Waals surface area contributed by atoms with Gasteiger partial charge in [0.1, 0.15) is 5.58 Å². The molecule has 0 saturated heterocycles. The summed E-state index contributed by atoms with van der Waals surface area (Å²) in [5, 5.41) is 4.77. The minimum absolute atomic E-state index is 0.472. The zero-order valence-electron chi connectivity index (χ0n) is 31.5. The number of furan rings is 1. The number of thiophene rings is 1. The van der Waals surface area contributed by atoms with Gasteiger partial charge in [-0.1, -0.05) is 176 Å². The van der Waals surface area contributed by atoms with Crippen molar-refractivity contribution >= 4 is 70.5 Å². The van der Waals surface area contributed by atoms with Crippen LogP contribution in [0.25, 0.3) is 64.4 Å². The van der Waals surface area contributed by atoms with Crippen LogP contribution < -0.4 is 4.90 Å². The lowest BCUT2D eigenvalue weighted by Crippen LogP contribution is -2.28. The van der Waals surface area contributed by atoms with Gasteiger partial charge in [-0.25, -0.2) is 0 Å². The molecule has 1 aliphatic carbocycles. The van der Waals surface area contributed by atoms with Crippen molar-refractivity contribution in [2.45, 2.75) is 5.41 Å². The summed E-state index contributed by atoms with van der Waals surface area (Å²) in [4.78, 5) is 2.38. The Morgan fingerprint density at radius 3 is 1.69 bits per heavy atom. The van der Waals surface area contributed by atoms with Crippen LogP contribution >= 0.6 is 11.3 Å². The molecule has 0 saturated carbocycles. The molecule has 58 heavy (non-hydrogen) atoms. The van der Waals surface area contributed by atoms with Gasteiger partial charge >= 0.3 is 0 Å². The van der Waals surface area contributed by atoms with Crippen molar-refractivity contribution in [2.24, 2.45) is 0 Å². The third-order valence-electron chi connectivity index (χ3n) is 12.2. The van der Waals surface area contributed by atoms with Gasteiger partial charge < -0.3 is 9.32 Å². The number of anilines is 3. The van der Waals surface area contributed by atoms with E-state index >= 15 is 0 Å². The van der Waals surface area contributed by atoms with Gasteiger partial charge in [-0.2, -0.15) is 0 Å². The highest BCUT2D eigenvalue weighted by atomic mass is 32.1. The van der Waals surface area contributed by atoms with Crippen LogP contribution in [0.4, 0.5) is 17.1 Å². The third kappa shape index (κ3) is 4.78. The predicted octanol–water partition coefficient (Wildman–Crippen LogP) is 15.5. The number of fused-ring (bicyclic) bond motifs is 9. The molecule has 2 nitrogen and oxygen atoms in total. The quantitative estimate of drug-likeness (QED) is 0.168. The number of rotatable bonds is 6. The molecule has 0 amide bonds. The molecule has 2 heterocycles. The molecule has 0 aliphatic heterocycles. The van der Waals surface area contributed by atoms with E-state index in [-0.39, 0.29) is 0 Å². The molecule has 1 aliphatic rings. The fourth-order valence-corrected chi connectivity index (χ4v) is 10.8. The summed E-state index contributed by atoms with van der Waals surface area (Å²) in [5.41, 5.74) is 14.3. The minimum atomic E-state index is -0.472. The number of nitrogens with zero attached hydrogens (tertiary/aromatic N) is 1. The Bertz CT molecular complexity index is 3300. The summed E-state index contributed by atoms with van der Waals surface area (Å²) in [6, 6.07) is 77.3. The number of hydrogen-bond acceptors (Lipinski definition) is 3. The molecular weight excluding hydrogens is 723 g/mol. The van der Waals surface area contributed by atoms with Gasteiger partial charge in [0.05, 0.1) is 11.1 Å². The van der Waals surface area contributed by atoms with Crippen molar-refractivity contribution in [1.29, 1.82) is 0 Å². The Labute approximate surface area is 340 Å². The zero-order chi connectivity index (χ0) is 38.2. The van der Waals surface area contributed by atoms with E-state index in [1.807, 2.05) is 11.3 Å². The Kier molecular flexibility index (Phi) is 7.35. The van der Waals surface area contributed by atoms with E-state index in [0.29, 0.717) is 0 Å². The van der Waals surface area contributed by atoms with Gasteiger partial charge in [-0.05, 0) is 75.3 Å². The highest BCUT2D eigenvalue weighted by Crippen LogP contribution is 2.56. The maximum Gasteiger partial charge on any atom is 0.159 e. The smallest absolute Gasteiger partial charge is 0.159 e. The average molecular weight is 758 g/mol.